The molecule has 1 fully saturated rings. The molecule has 0 unspecified atom stereocenters. The first kappa shape index (κ1) is 24.0. The summed E-state index contributed by atoms with van der Waals surface area (Å²) in [7, 11) is -2.72. The van der Waals surface area contributed by atoms with Crippen LogP contribution >= 0.6 is 0 Å². The Labute approximate surface area is 188 Å². The zero-order valence-electron chi connectivity index (χ0n) is 18.1. The predicted molar refractivity (Wildman–Crippen MR) is 120 cm³/mol. The van der Waals surface area contributed by atoms with Crippen LogP contribution in [0, 0.1) is 5.82 Å². The molecule has 1 aliphatic rings. The summed E-state index contributed by atoms with van der Waals surface area (Å²) >= 11 is 0. The second-order valence-electron chi connectivity index (χ2n) is 7.62. The molecule has 2 aromatic rings. The minimum Gasteiger partial charge on any atom is -0.497 e. The number of carbonyl (C=O) groups excluding carboxylic acids is 1. The van der Waals surface area contributed by atoms with Crippen molar-refractivity contribution in [1.29, 1.82) is 0 Å². The second-order valence-corrected chi connectivity index (χ2v) is 9.48. The van der Waals surface area contributed by atoms with Gasteiger partial charge in [0.25, 0.3) is 10.0 Å². The number of nitrogens with zero attached hydrogens (tertiary/aromatic N) is 1. The molecule has 1 saturated carbocycles. The zero-order valence-corrected chi connectivity index (χ0v) is 18.9. The standard InChI is InChI=1S/C23H29FN2O5S/c1-30-18-11-13-20(14-12-18)32(28,29)26(22-10-5-4-9-21(22)24)17-23(27)25-15-6-16-31-19-7-2-3-8-19/h4-5,9-14,19H,2-3,6-8,15-17H2,1H3,(H,25,27). The Bertz CT molecular complexity index is 992. The van der Waals surface area contributed by atoms with E-state index in [9.17, 15) is 17.6 Å². The number of amides is 1. The van der Waals surface area contributed by atoms with Gasteiger partial charge in [-0.3, -0.25) is 9.10 Å². The van der Waals surface area contributed by atoms with E-state index in [1.54, 1.807) is 0 Å². The summed E-state index contributed by atoms with van der Waals surface area (Å²) in [4.78, 5) is 12.5. The molecule has 0 heterocycles. The maximum atomic E-state index is 14.5. The Morgan fingerprint density at radius 3 is 2.47 bits per heavy atom. The summed E-state index contributed by atoms with van der Waals surface area (Å²) in [5, 5.41) is 2.70. The third-order valence-corrected chi connectivity index (χ3v) is 7.13. The Morgan fingerprint density at radius 1 is 1.12 bits per heavy atom. The Balaban J connectivity index is 1.67. The topological polar surface area (TPSA) is 84.9 Å². The lowest BCUT2D eigenvalue weighted by Crippen LogP contribution is -2.41. The van der Waals surface area contributed by atoms with Crippen LogP contribution < -0.4 is 14.4 Å². The number of ether oxygens (including phenoxy) is 2. The van der Waals surface area contributed by atoms with Crippen LogP contribution in [0.1, 0.15) is 32.1 Å². The minimum absolute atomic E-state index is 0.0701. The van der Waals surface area contributed by atoms with Crippen LogP contribution in [-0.2, 0) is 19.6 Å². The lowest BCUT2D eigenvalue weighted by molar-refractivity contribution is -0.119. The van der Waals surface area contributed by atoms with Gasteiger partial charge >= 0.3 is 0 Å². The highest BCUT2D eigenvalue weighted by molar-refractivity contribution is 7.92. The van der Waals surface area contributed by atoms with Crippen LogP contribution in [0.2, 0.25) is 0 Å². The molecule has 0 bridgehead atoms. The fraction of sp³-hybridized carbons (Fsp3) is 0.435. The Morgan fingerprint density at radius 2 is 1.81 bits per heavy atom. The summed E-state index contributed by atoms with van der Waals surface area (Å²) in [5.41, 5.74) is -0.192. The van der Waals surface area contributed by atoms with Crippen LogP contribution in [0.3, 0.4) is 0 Å². The Kier molecular flexibility index (Phi) is 8.46. The number of benzene rings is 2. The summed E-state index contributed by atoms with van der Waals surface area (Å²) < 4.78 is 52.6. The van der Waals surface area contributed by atoms with Gasteiger partial charge < -0.3 is 14.8 Å². The molecule has 3 rings (SSSR count). The van der Waals surface area contributed by atoms with Crippen molar-refractivity contribution < 1.29 is 27.1 Å². The van der Waals surface area contributed by atoms with Gasteiger partial charge in [-0.2, -0.15) is 0 Å². The van der Waals surface area contributed by atoms with Crippen molar-refractivity contribution >= 4 is 21.6 Å². The molecule has 0 aromatic heterocycles. The van der Waals surface area contributed by atoms with Crippen LogP contribution in [0.15, 0.2) is 53.4 Å². The largest absolute Gasteiger partial charge is 0.497 e. The van der Waals surface area contributed by atoms with Crippen molar-refractivity contribution in [3.05, 3.63) is 54.3 Å². The van der Waals surface area contributed by atoms with Gasteiger partial charge in [-0.05, 0) is 55.7 Å². The van der Waals surface area contributed by atoms with Gasteiger partial charge in [0.05, 0.1) is 23.8 Å². The molecular formula is C23H29FN2O5S. The molecule has 1 N–H and O–H groups in total. The van der Waals surface area contributed by atoms with Gasteiger partial charge in [-0.25, -0.2) is 12.8 Å². The molecule has 7 nitrogen and oxygen atoms in total. The van der Waals surface area contributed by atoms with Crippen LogP contribution in [0.5, 0.6) is 5.75 Å². The highest BCUT2D eigenvalue weighted by atomic mass is 32.2. The van der Waals surface area contributed by atoms with Gasteiger partial charge in [0.1, 0.15) is 18.1 Å². The summed E-state index contributed by atoms with van der Waals surface area (Å²) in [5.74, 6) is -0.771. The average Bonchev–Trinajstić information content (AvgIpc) is 3.31. The molecule has 0 atom stereocenters. The van der Waals surface area contributed by atoms with E-state index in [-0.39, 0.29) is 10.6 Å². The van der Waals surface area contributed by atoms with Gasteiger partial charge in [-0.15, -0.1) is 0 Å². The molecule has 0 saturated heterocycles. The van der Waals surface area contributed by atoms with Gasteiger partial charge in [0.15, 0.2) is 0 Å². The SMILES string of the molecule is COc1ccc(S(=O)(=O)N(CC(=O)NCCCOC2CCCC2)c2ccccc2F)cc1. The van der Waals surface area contributed by atoms with Gasteiger partial charge in [0, 0.05) is 13.2 Å². The molecule has 32 heavy (non-hydrogen) atoms. The first-order valence-corrected chi connectivity index (χ1v) is 12.2. The summed E-state index contributed by atoms with van der Waals surface area (Å²) in [6, 6.07) is 11.2. The molecular weight excluding hydrogens is 435 g/mol. The molecule has 174 valence electrons. The highest BCUT2D eigenvalue weighted by Crippen LogP contribution is 2.27. The summed E-state index contributed by atoms with van der Waals surface area (Å²) in [6.07, 6.45) is 5.45. The Hall–Kier alpha value is -2.65. The quantitative estimate of drug-likeness (QED) is 0.515. The van der Waals surface area contributed by atoms with Gasteiger partial charge in [0.2, 0.25) is 5.91 Å². The third kappa shape index (κ3) is 6.20. The lowest BCUT2D eigenvalue weighted by atomic mass is 10.3. The number of rotatable bonds is 11. The molecule has 0 spiro atoms. The van der Waals surface area contributed by atoms with E-state index in [0.29, 0.717) is 31.4 Å². The van der Waals surface area contributed by atoms with Crippen molar-refractivity contribution in [2.45, 2.75) is 43.1 Å². The highest BCUT2D eigenvalue weighted by Gasteiger charge is 2.29. The molecule has 9 heteroatoms. The van der Waals surface area contributed by atoms with E-state index < -0.39 is 28.3 Å². The average molecular weight is 465 g/mol. The molecule has 1 aliphatic carbocycles. The fourth-order valence-corrected chi connectivity index (χ4v) is 5.05. The zero-order chi connectivity index (χ0) is 23.0. The van der Waals surface area contributed by atoms with Crippen molar-refractivity contribution in [3.63, 3.8) is 0 Å². The van der Waals surface area contributed by atoms with E-state index in [0.717, 1.165) is 23.2 Å². The van der Waals surface area contributed by atoms with Crippen molar-refractivity contribution in [1.82, 2.24) is 5.32 Å². The first-order valence-electron chi connectivity index (χ1n) is 10.7. The van der Waals surface area contributed by atoms with Crippen molar-refractivity contribution in [3.8, 4) is 5.75 Å². The number of hydrogen-bond donors (Lipinski definition) is 1. The maximum absolute atomic E-state index is 14.5. The van der Waals surface area contributed by atoms with Crippen molar-refractivity contribution in [2.24, 2.45) is 0 Å². The monoisotopic (exact) mass is 464 g/mol. The van der Waals surface area contributed by atoms with E-state index in [2.05, 4.69) is 5.32 Å². The summed E-state index contributed by atoms with van der Waals surface area (Å²) in [6.45, 7) is 0.337. The molecule has 0 aliphatic heterocycles. The second kappa shape index (κ2) is 11.3. The van der Waals surface area contributed by atoms with Crippen LogP contribution in [0.4, 0.5) is 10.1 Å². The maximum Gasteiger partial charge on any atom is 0.264 e. The number of carbonyl (C=O) groups is 1. The van der Waals surface area contributed by atoms with E-state index in [4.69, 9.17) is 9.47 Å². The van der Waals surface area contributed by atoms with Gasteiger partial charge in [-0.1, -0.05) is 25.0 Å². The minimum atomic E-state index is -4.19. The molecule has 1 amide bonds. The first-order chi connectivity index (χ1) is 15.4. The number of halogens is 1. The van der Waals surface area contributed by atoms with Crippen molar-refractivity contribution in [2.75, 3.05) is 31.1 Å². The van der Waals surface area contributed by atoms with Crippen LogP contribution in [-0.4, -0.2) is 47.2 Å². The normalized spacial score (nSPS) is 14.3. The van der Waals surface area contributed by atoms with E-state index >= 15 is 0 Å². The van der Waals surface area contributed by atoms with Crippen LogP contribution in [0.25, 0.3) is 0 Å². The molecule has 2 aromatic carbocycles. The third-order valence-electron chi connectivity index (χ3n) is 5.35. The van der Waals surface area contributed by atoms with E-state index in [1.807, 2.05) is 0 Å². The number of nitrogens with one attached hydrogen (secondary N) is 1. The number of para-hydroxylation sites is 1. The number of sulfonamides is 1. The fourth-order valence-electron chi connectivity index (χ4n) is 3.62. The number of anilines is 1. The number of methoxy groups -OCH3 is 1. The lowest BCUT2D eigenvalue weighted by Gasteiger charge is -2.24. The van der Waals surface area contributed by atoms with E-state index in [1.165, 1.54) is 62.4 Å². The number of hydrogen-bond acceptors (Lipinski definition) is 5. The smallest absolute Gasteiger partial charge is 0.264 e. The molecule has 0 radical (unpaired) electrons. The predicted octanol–water partition coefficient (Wildman–Crippen LogP) is 3.50.